The first-order valence-electron chi connectivity index (χ1n) is 5.56. The first kappa shape index (κ1) is 13.0. The average molecular weight is 222 g/mol. The molecule has 0 aromatic heterocycles. The zero-order valence-corrected chi connectivity index (χ0v) is 10.6. The maximum Gasteiger partial charge on any atom is 0.118 e. The van der Waals surface area contributed by atoms with Crippen molar-refractivity contribution in [1.82, 2.24) is 5.32 Å². The number of nitrogens with one attached hydrogen (secondary N) is 1. The lowest BCUT2D eigenvalue weighted by Gasteiger charge is -2.33. The van der Waals surface area contributed by atoms with Gasteiger partial charge in [-0.15, -0.1) is 0 Å². The Bertz CT molecular complexity index is 319. The highest BCUT2D eigenvalue weighted by atomic mass is 16.5. The molecule has 3 N–H and O–H groups in total. The third-order valence-electron chi connectivity index (χ3n) is 3.05. The molecule has 0 aliphatic heterocycles. The van der Waals surface area contributed by atoms with Crippen molar-refractivity contribution in [3.05, 3.63) is 29.8 Å². The summed E-state index contributed by atoms with van der Waals surface area (Å²) in [5.74, 6) is 0.879. The molecule has 1 aromatic carbocycles. The van der Waals surface area contributed by atoms with Crippen LogP contribution in [0.15, 0.2) is 24.3 Å². The van der Waals surface area contributed by atoms with Gasteiger partial charge in [0.05, 0.1) is 7.11 Å². The summed E-state index contributed by atoms with van der Waals surface area (Å²) in [4.78, 5) is 0. The number of benzene rings is 1. The molecule has 0 bridgehead atoms. The maximum absolute atomic E-state index is 5.81. The Labute approximate surface area is 98.0 Å². The zero-order valence-electron chi connectivity index (χ0n) is 10.6. The van der Waals surface area contributed by atoms with Gasteiger partial charge in [0, 0.05) is 6.04 Å². The SMILES string of the molecule is CNC(c1ccc(OC)cc1)C(C)(C)CN. The van der Waals surface area contributed by atoms with Crippen LogP contribution < -0.4 is 15.8 Å². The second kappa shape index (κ2) is 5.32. The summed E-state index contributed by atoms with van der Waals surface area (Å²) in [6.45, 7) is 4.97. The van der Waals surface area contributed by atoms with E-state index in [2.05, 4.69) is 31.3 Å². The topological polar surface area (TPSA) is 47.3 Å². The monoisotopic (exact) mass is 222 g/mol. The highest BCUT2D eigenvalue weighted by Crippen LogP contribution is 2.32. The molecule has 3 heteroatoms. The fourth-order valence-corrected chi connectivity index (χ4v) is 1.92. The van der Waals surface area contributed by atoms with E-state index in [9.17, 15) is 0 Å². The van der Waals surface area contributed by atoms with Gasteiger partial charge in [0.25, 0.3) is 0 Å². The molecule has 0 aliphatic carbocycles. The molecule has 0 saturated heterocycles. The van der Waals surface area contributed by atoms with Gasteiger partial charge in [-0.05, 0) is 36.7 Å². The Morgan fingerprint density at radius 3 is 2.25 bits per heavy atom. The number of hydrogen-bond donors (Lipinski definition) is 2. The van der Waals surface area contributed by atoms with Crippen LogP contribution >= 0.6 is 0 Å². The largest absolute Gasteiger partial charge is 0.497 e. The smallest absolute Gasteiger partial charge is 0.118 e. The molecule has 0 heterocycles. The van der Waals surface area contributed by atoms with Crippen LogP contribution in [0.4, 0.5) is 0 Å². The van der Waals surface area contributed by atoms with Gasteiger partial charge in [-0.3, -0.25) is 0 Å². The van der Waals surface area contributed by atoms with Crippen molar-refractivity contribution in [2.45, 2.75) is 19.9 Å². The molecular formula is C13H22N2O. The Kier molecular flexibility index (Phi) is 4.33. The summed E-state index contributed by atoms with van der Waals surface area (Å²) in [5, 5.41) is 3.33. The molecular weight excluding hydrogens is 200 g/mol. The summed E-state index contributed by atoms with van der Waals surface area (Å²) in [5.41, 5.74) is 7.08. The van der Waals surface area contributed by atoms with Crippen LogP contribution in [0.2, 0.25) is 0 Å². The molecule has 90 valence electrons. The lowest BCUT2D eigenvalue weighted by Crippen LogP contribution is -2.37. The van der Waals surface area contributed by atoms with E-state index in [4.69, 9.17) is 10.5 Å². The van der Waals surface area contributed by atoms with Gasteiger partial charge in [-0.1, -0.05) is 26.0 Å². The Hall–Kier alpha value is -1.06. The Balaban J connectivity index is 2.95. The van der Waals surface area contributed by atoms with E-state index in [0.717, 1.165) is 5.75 Å². The van der Waals surface area contributed by atoms with Gasteiger partial charge in [0.1, 0.15) is 5.75 Å². The lowest BCUT2D eigenvalue weighted by atomic mass is 9.80. The van der Waals surface area contributed by atoms with E-state index < -0.39 is 0 Å². The van der Waals surface area contributed by atoms with Crippen molar-refractivity contribution in [2.24, 2.45) is 11.1 Å². The average Bonchev–Trinajstić information content (AvgIpc) is 2.30. The van der Waals surface area contributed by atoms with Crippen LogP contribution in [0.5, 0.6) is 5.75 Å². The van der Waals surface area contributed by atoms with Crippen molar-refractivity contribution < 1.29 is 4.74 Å². The molecule has 1 aromatic rings. The fourth-order valence-electron chi connectivity index (χ4n) is 1.92. The van der Waals surface area contributed by atoms with Gasteiger partial charge in [0.15, 0.2) is 0 Å². The van der Waals surface area contributed by atoms with Crippen LogP contribution in [-0.4, -0.2) is 20.7 Å². The molecule has 0 amide bonds. The van der Waals surface area contributed by atoms with E-state index in [1.807, 2.05) is 19.2 Å². The van der Waals surface area contributed by atoms with Gasteiger partial charge in [0.2, 0.25) is 0 Å². The first-order chi connectivity index (χ1) is 7.55. The highest BCUT2D eigenvalue weighted by molar-refractivity contribution is 5.30. The highest BCUT2D eigenvalue weighted by Gasteiger charge is 2.28. The van der Waals surface area contributed by atoms with Gasteiger partial charge in [-0.2, -0.15) is 0 Å². The number of methoxy groups -OCH3 is 1. The second-order valence-corrected chi connectivity index (χ2v) is 4.69. The predicted octanol–water partition coefficient (Wildman–Crippen LogP) is 1.94. The minimum Gasteiger partial charge on any atom is -0.497 e. The van der Waals surface area contributed by atoms with E-state index in [0.29, 0.717) is 6.54 Å². The molecule has 0 saturated carbocycles. The van der Waals surface area contributed by atoms with Crippen molar-refractivity contribution in [2.75, 3.05) is 20.7 Å². The summed E-state index contributed by atoms with van der Waals surface area (Å²) in [7, 11) is 3.64. The third kappa shape index (κ3) is 2.74. The molecule has 0 aliphatic rings. The standard InChI is InChI=1S/C13H22N2O/c1-13(2,9-14)12(15-3)10-5-7-11(16-4)8-6-10/h5-8,12,15H,9,14H2,1-4H3. The van der Waals surface area contributed by atoms with Crippen molar-refractivity contribution in [3.8, 4) is 5.75 Å². The van der Waals surface area contributed by atoms with Crippen molar-refractivity contribution in [1.29, 1.82) is 0 Å². The number of nitrogens with two attached hydrogens (primary N) is 1. The normalized spacial score (nSPS) is 13.6. The number of hydrogen-bond acceptors (Lipinski definition) is 3. The molecule has 1 unspecified atom stereocenters. The molecule has 16 heavy (non-hydrogen) atoms. The molecule has 0 radical (unpaired) electrons. The van der Waals surface area contributed by atoms with Gasteiger partial charge in [-0.25, -0.2) is 0 Å². The van der Waals surface area contributed by atoms with Crippen LogP contribution in [0.3, 0.4) is 0 Å². The molecule has 3 nitrogen and oxygen atoms in total. The maximum atomic E-state index is 5.81. The minimum absolute atomic E-state index is 0.0311. The Morgan fingerprint density at radius 2 is 1.88 bits per heavy atom. The second-order valence-electron chi connectivity index (χ2n) is 4.69. The zero-order chi connectivity index (χ0) is 12.2. The fraction of sp³-hybridized carbons (Fsp3) is 0.538. The van der Waals surface area contributed by atoms with Gasteiger partial charge >= 0.3 is 0 Å². The van der Waals surface area contributed by atoms with Crippen molar-refractivity contribution in [3.63, 3.8) is 0 Å². The third-order valence-corrected chi connectivity index (χ3v) is 3.05. The number of ether oxygens (including phenoxy) is 1. The summed E-state index contributed by atoms with van der Waals surface area (Å²) in [6.07, 6.45) is 0. The molecule has 1 atom stereocenters. The van der Waals surface area contributed by atoms with Crippen LogP contribution in [-0.2, 0) is 0 Å². The van der Waals surface area contributed by atoms with E-state index >= 15 is 0 Å². The van der Waals surface area contributed by atoms with Crippen LogP contribution in [0.1, 0.15) is 25.5 Å². The summed E-state index contributed by atoms with van der Waals surface area (Å²) >= 11 is 0. The molecule has 0 spiro atoms. The lowest BCUT2D eigenvalue weighted by molar-refractivity contribution is 0.265. The van der Waals surface area contributed by atoms with E-state index in [1.54, 1.807) is 7.11 Å². The minimum atomic E-state index is 0.0311. The Morgan fingerprint density at radius 1 is 1.31 bits per heavy atom. The van der Waals surface area contributed by atoms with Crippen LogP contribution in [0, 0.1) is 5.41 Å². The van der Waals surface area contributed by atoms with Crippen LogP contribution in [0.25, 0.3) is 0 Å². The van der Waals surface area contributed by atoms with Gasteiger partial charge < -0.3 is 15.8 Å². The summed E-state index contributed by atoms with van der Waals surface area (Å²) < 4.78 is 5.15. The van der Waals surface area contributed by atoms with E-state index in [1.165, 1.54) is 5.56 Å². The predicted molar refractivity (Wildman–Crippen MR) is 67.6 cm³/mol. The quantitative estimate of drug-likeness (QED) is 0.800. The summed E-state index contributed by atoms with van der Waals surface area (Å²) in [6, 6.07) is 8.37. The number of rotatable bonds is 5. The molecule has 1 rings (SSSR count). The molecule has 0 fully saturated rings. The first-order valence-corrected chi connectivity index (χ1v) is 5.56. The van der Waals surface area contributed by atoms with E-state index in [-0.39, 0.29) is 11.5 Å². The van der Waals surface area contributed by atoms with Crippen molar-refractivity contribution >= 4 is 0 Å².